The summed E-state index contributed by atoms with van der Waals surface area (Å²) in [6.45, 7) is 0.251. The second kappa shape index (κ2) is 6.97. The molecular formula is C23H17NO4S. The summed E-state index contributed by atoms with van der Waals surface area (Å²) in [6, 6.07) is 18.0. The molecular weight excluding hydrogens is 386 g/mol. The van der Waals surface area contributed by atoms with Gasteiger partial charge in [0.1, 0.15) is 11.3 Å². The van der Waals surface area contributed by atoms with E-state index in [0.717, 1.165) is 10.5 Å². The summed E-state index contributed by atoms with van der Waals surface area (Å²) < 4.78 is 11.4. The monoisotopic (exact) mass is 403 g/mol. The van der Waals surface area contributed by atoms with E-state index >= 15 is 0 Å². The molecule has 2 aromatic carbocycles. The Morgan fingerprint density at radius 3 is 2.52 bits per heavy atom. The van der Waals surface area contributed by atoms with Crippen LogP contribution in [0, 0.1) is 0 Å². The second-order valence-corrected chi connectivity index (χ2v) is 7.74. The minimum atomic E-state index is -0.528. The van der Waals surface area contributed by atoms with Crippen LogP contribution in [0.5, 0.6) is 0 Å². The van der Waals surface area contributed by atoms with Gasteiger partial charge in [-0.2, -0.15) is 0 Å². The number of thioether (sulfide) groups is 1. The van der Waals surface area contributed by atoms with Crippen LogP contribution in [0.2, 0.25) is 0 Å². The molecule has 0 bridgehead atoms. The first-order chi connectivity index (χ1) is 14.2. The van der Waals surface area contributed by atoms with E-state index in [2.05, 4.69) is 0 Å². The number of nitrogens with zero attached hydrogens (tertiary/aromatic N) is 1. The molecule has 144 valence electrons. The first-order valence-electron chi connectivity index (χ1n) is 9.20. The number of benzene rings is 2. The predicted molar refractivity (Wildman–Crippen MR) is 111 cm³/mol. The number of fused-ring (bicyclic) bond motifs is 2. The number of hydrogen-bond acceptors (Lipinski definition) is 5. The Morgan fingerprint density at radius 1 is 1.00 bits per heavy atom. The molecule has 29 heavy (non-hydrogen) atoms. The molecule has 1 atom stereocenters. The Balaban J connectivity index is 1.72. The van der Waals surface area contributed by atoms with E-state index in [9.17, 15) is 9.59 Å². The van der Waals surface area contributed by atoms with Gasteiger partial charge in [-0.3, -0.25) is 9.59 Å². The number of amides is 1. The van der Waals surface area contributed by atoms with Crippen molar-refractivity contribution in [3.8, 4) is 0 Å². The second-order valence-electron chi connectivity index (χ2n) is 6.86. The van der Waals surface area contributed by atoms with Crippen LogP contribution < -0.4 is 5.43 Å². The molecule has 5 rings (SSSR count). The number of carbonyl (C=O) groups excluding carboxylic acids is 1. The van der Waals surface area contributed by atoms with Gasteiger partial charge in [-0.05, 0) is 48.2 Å². The SMILES string of the molecule is CSc1ccc([C@H]2c3c(oc4ccccc4c3=O)C(=O)N2Cc2ccco2)cc1. The molecule has 1 amide bonds. The maximum atomic E-state index is 13.4. The summed E-state index contributed by atoms with van der Waals surface area (Å²) in [5, 5.41) is 0.477. The molecule has 0 fully saturated rings. The third kappa shape index (κ3) is 2.87. The number of para-hydroxylation sites is 1. The van der Waals surface area contributed by atoms with Gasteiger partial charge in [0.05, 0.1) is 29.8 Å². The summed E-state index contributed by atoms with van der Waals surface area (Å²) in [6.07, 6.45) is 3.58. The van der Waals surface area contributed by atoms with Crippen molar-refractivity contribution in [3.05, 3.63) is 99.8 Å². The highest BCUT2D eigenvalue weighted by atomic mass is 32.2. The van der Waals surface area contributed by atoms with Gasteiger partial charge in [-0.15, -0.1) is 11.8 Å². The first-order valence-corrected chi connectivity index (χ1v) is 10.4. The lowest BCUT2D eigenvalue weighted by atomic mass is 9.98. The van der Waals surface area contributed by atoms with Gasteiger partial charge < -0.3 is 13.7 Å². The lowest BCUT2D eigenvalue weighted by Crippen LogP contribution is -2.29. The van der Waals surface area contributed by atoms with E-state index in [1.165, 1.54) is 0 Å². The molecule has 5 nitrogen and oxygen atoms in total. The quantitative estimate of drug-likeness (QED) is 0.456. The Bertz CT molecular complexity index is 1260. The van der Waals surface area contributed by atoms with Crippen LogP contribution in [0.15, 0.2) is 85.5 Å². The summed E-state index contributed by atoms with van der Waals surface area (Å²) in [5.41, 5.74) is 1.50. The van der Waals surface area contributed by atoms with E-state index < -0.39 is 6.04 Å². The molecule has 4 aromatic rings. The third-order valence-electron chi connectivity index (χ3n) is 5.21. The minimum absolute atomic E-state index is 0.110. The highest BCUT2D eigenvalue weighted by Gasteiger charge is 2.43. The molecule has 6 heteroatoms. The van der Waals surface area contributed by atoms with Gasteiger partial charge in [-0.1, -0.05) is 24.3 Å². The highest BCUT2D eigenvalue weighted by molar-refractivity contribution is 7.98. The Hall–Kier alpha value is -3.25. The van der Waals surface area contributed by atoms with Crippen LogP contribution in [-0.2, 0) is 6.54 Å². The van der Waals surface area contributed by atoms with Crippen LogP contribution in [0.25, 0.3) is 11.0 Å². The molecule has 1 aliphatic rings. The molecule has 1 aliphatic heterocycles. The standard InChI is InChI=1S/C23H17NO4S/c1-29-16-10-8-14(9-11-16)20-19-21(25)17-6-2-3-7-18(17)28-22(19)23(26)24(20)13-15-5-4-12-27-15/h2-12,20H,13H2,1H3/t20-/m0/s1. The fourth-order valence-electron chi connectivity index (χ4n) is 3.83. The van der Waals surface area contributed by atoms with Crippen LogP contribution in [-0.4, -0.2) is 17.1 Å². The molecule has 0 saturated heterocycles. The Labute approximate surface area is 170 Å². The van der Waals surface area contributed by atoms with E-state index in [4.69, 9.17) is 8.83 Å². The number of rotatable bonds is 4. The van der Waals surface area contributed by atoms with Crippen molar-refractivity contribution in [2.75, 3.05) is 6.26 Å². The van der Waals surface area contributed by atoms with Gasteiger partial charge in [0.15, 0.2) is 5.43 Å². The molecule has 0 saturated carbocycles. The number of hydrogen-bond donors (Lipinski definition) is 0. The fourth-order valence-corrected chi connectivity index (χ4v) is 4.24. The zero-order valence-corrected chi connectivity index (χ0v) is 16.4. The molecule has 0 spiro atoms. The first kappa shape index (κ1) is 17.8. The molecule has 3 heterocycles. The average Bonchev–Trinajstić information content (AvgIpc) is 3.36. The van der Waals surface area contributed by atoms with E-state index in [1.807, 2.05) is 36.6 Å². The van der Waals surface area contributed by atoms with E-state index in [0.29, 0.717) is 22.3 Å². The van der Waals surface area contributed by atoms with Crippen LogP contribution in [0.1, 0.15) is 33.5 Å². The molecule has 0 aliphatic carbocycles. The Kier molecular flexibility index (Phi) is 4.28. The zero-order chi connectivity index (χ0) is 20.0. The summed E-state index contributed by atoms with van der Waals surface area (Å²) in [5.74, 6) is 0.450. The van der Waals surface area contributed by atoms with E-state index in [1.54, 1.807) is 53.3 Å². The van der Waals surface area contributed by atoms with Crippen molar-refractivity contribution < 1.29 is 13.6 Å². The molecule has 0 N–H and O–H groups in total. The zero-order valence-electron chi connectivity index (χ0n) is 15.6. The maximum absolute atomic E-state index is 13.4. The topological polar surface area (TPSA) is 63.7 Å². The van der Waals surface area contributed by atoms with Gasteiger partial charge in [0.2, 0.25) is 5.76 Å². The van der Waals surface area contributed by atoms with Crippen molar-refractivity contribution in [2.45, 2.75) is 17.5 Å². The lowest BCUT2D eigenvalue weighted by Gasteiger charge is -2.24. The third-order valence-corrected chi connectivity index (χ3v) is 5.95. The lowest BCUT2D eigenvalue weighted by molar-refractivity contribution is 0.0701. The molecule has 0 radical (unpaired) electrons. The van der Waals surface area contributed by atoms with E-state index in [-0.39, 0.29) is 23.6 Å². The predicted octanol–water partition coefficient (Wildman–Crippen LogP) is 4.85. The fraction of sp³-hybridized carbons (Fsp3) is 0.130. The molecule has 0 unspecified atom stereocenters. The number of furan rings is 1. The van der Waals surface area contributed by atoms with Crippen LogP contribution in [0.4, 0.5) is 0 Å². The summed E-state index contributed by atoms with van der Waals surface area (Å²) in [4.78, 5) is 29.4. The van der Waals surface area contributed by atoms with Crippen molar-refractivity contribution in [1.29, 1.82) is 0 Å². The smallest absolute Gasteiger partial charge is 0.291 e. The average molecular weight is 403 g/mol. The highest BCUT2D eigenvalue weighted by Crippen LogP contribution is 2.39. The van der Waals surface area contributed by atoms with Gasteiger partial charge in [0, 0.05) is 4.90 Å². The van der Waals surface area contributed by atoms with Crippen LogP contribution >= 0.6 is 11.8 Å². The van der Waals surface area contributed by atoms with Crippen molar-refractivity contribution in [1.82, 2.24) is 4.90 Å². The van der Waals surface area contributed by atoms with Crippen molar-refractivity contribution in [2.24, 2.45) is 0 Å². The number of carbonyl (C=O) groups is 1. The Morgan fingerprint density at radius 2 is 1.79 bits per heavy atom. The van der Waals surface area contributed by atoms with Gasteiger partial charge in [0.25, 0.3) is 5.91 Å². The summed E-state index contributed by atoms with van der Waals surface area (Å²) >= 11 is 1.64. The van der Waals surface area contributed by atoms with Crippen LogP contribution in [0.3, 0.4) is 0 Å². The van der Waals surface area contributed by atoms with Crippen molar-refractivity contribution >= 4 is 28.6 Å². The molecule has 2 aromatic heterocycles. The summed E-state index contributed by atoms with van der Waals surface area (Å²) in [7, 11) is 0. The minimum Gasteiger partial charge on any atom is -0.467 e. The van der Waals surface area contributed by atoms with Gasteiger partial charge in [-0.25, -0.2) is 0 Å². The largest absolute Gasteiger partial charge is 0.467 e. The van der Waals surface area contributed by atoms with Crippen molar-refractivity contribution in [3.63, 3.8) is 0 Å². The van der Waals surface area contributed by atoms with Gasteiger partial charge >= 0.3 is 0 Å². The maximum Gasteiger partial charge on any atom is 0.291 e. The normalized spacial score (nSPS) is 15.8.